The van der Waals surface area contributed by atoms with E-state index < -0.39 is 0 Å². The van der Waals surface area contributed by atoms with Gasteiger partial charge in [0.25, 0.3) is 0 Å². The van der Waals surface area contributed by atoms with Crippen LogP contribution in [-0.4, -0.2) is 13.1 Å². The van der Waals surface area contributed by atoms with Gasteiger partial charge < -0.3 is 5.32 Å². The lowest BCUT2D eigenvalue weighted by Crippen LogP contribution is -2.34. The third-order valence-corrected chi connectivity index (χ3v) is 4.78. The fourth-order valence-corrected chi connectivity index (χ4v) is 3.59. The first-order chi connectivity index (χ1) is 8.31. The molecule has 1 N–H and O–H groups in total. The van der Waals surface area contributed by atoms with Gasteiger partial charge in [-0.15, -0.1) is 0 Å². The second-order valence-electron chi connectivity index (χ2n) is 7.95. The number of nitrogens with one attached hydrogen (secondary N) is 1. The second kappa shape index (κ2) is 6.93. The Morgan fingerprint density at radius 1 is 1.06 bits per heavy atom. The smallest absolute Gasteiger partial charge is 0.00258 e. The van der Waals surface area contributed by atoms with E-state index in [2.05, 4.69) is 46.9 Å². The molecule has 18 heavy (non-hydrogen) atoms. The third-order valence-electron chi connectivity index (χ3n) is 4.78. The highest BCUT2D eigenvalue weighted by molar-refractivity contribution is 4.85. The highest BCUT2D eigenvalue weighted by Crippen LogP contribution is 2.44. The summed E-state index contributed by atoms with van der Waals surface area (Å²) < 4.78 is 0. The van der Waals surface area contributed by atoms with Crippen LogP contribution in [0, 0.1) is 29.1 Å². The fraction of sp³-hybridized carbons (Fsp3) is 1.00. The molecule has 0 aliphatic heterocycles. The minimum atomic E-state index is 0.507. The van der Waals surface area contributed by atoms with Gasteiger partial charge in [0.2, 0.25) is 0 Å². The van der Waals surface area contributed by atoms with Crippen molar-refractivity contribution in [2.45, 2.75) is 67.2 Å². The topological polar surface area (TPSA) is 12.0 Å². The van der Waals surface area contributed by atoms with E-state index in [1.807, 2.05) is 0 Å². The van der Waals surface area contributed by atoms with Gasteiger partial charge in [0.05, 0.1) is 0 Å². The van der Waals surface area contributed by atoms with Crippen molar-refractivity contribution in [3.05, 3.63) is 0 Å². The summed E-state index contributed by atoms with van der Waals surface area (Å²) in [5, 5.41) is 3.60. The Morgan fingerprint density at radius 3 is 2.11 bits per heavy atom. The zero-order chi connectivity index (χ0) is 13.8. The zero-order valence-corrected chi connectivity index (χ0v) is 13.6. The van der Waals surface area contributed by atoms with Crippen molar-refractivity contribution in [2.75, 3.05) is 13.1 Å². The maximum absolute atomic E-state index is 3.60. The number of rotatable bonds is 6. The maximum Gasteiger partial charge on any atom is -0.00258 e. The van der Waals surface area contributed by atoms with Gasteiger partial charge in [-0.1, -0.05) is 41.5 Å². The molecule has 0 bridgehead atoms. The van der Waals surface area contributed by atoms with Crippen LogP contribution >= 0.6 is 0 Å². The number of hydrogen-bond acceptors (Lipinski definition) is 1. The summed E-state index contributed by atoms with van der Waals surface area (Å²) in [5.74, 6) is 3.56. The van der Waals surface area contributed by atoms with Gasteiger partial charge in [-0.25, -0.2) is 0 Å². The molecule has 1 aliphatic carbocycles. The van der Waals surface area contributed by atoms with Crippen LogP contribution in [-0.2, 0) is 0 Å². The van der Waals surface area contributed by atoms with Crippen molar-refractivity contribution in [1.82, 2.24) is 5.32 Å². The molecule has 1 saturated carbocycles. The Morgan fingerprint density at radius 2 is 1.61 bits per heavy atom. The summed E-state index contributed by atoms with van der Waals surface area (Å²) in [6, 6.07) is 0. The van der Waals surface area contributed by atoms with Crippen LogP contribution in [0.1, 0.15) is 67.2 Å². The first kappa shape index (κ1) is 16.0. The molecule has 0 aromatic rings. The van der Waals surface area contributed by atoms with Crippen molar-refractivity contribution < 1.29 is 0 Å². The van der Waals surface area contributed by atoms with Crippen molar-refractivity contribution >= 4 is 0 Å². The molecule has 2 atom stereocenters. The normalized spacial score (nSPS) is 29.8. The van der Waals surface area contributed by atoms with Gasteiger partial charge in [0, 0.05) is 0 Å². The highest BCUT2D eigenvalue weighted by Gasteiger charge is 2.34. The van der Waals surface area contributed by atoms with Crippen molar-refractivity contribution in [1.29, 1.82) is 0 Å². The summed E-state index contributed by atoms with van der Waals surface area (Å²) in [5.41, 5.74) is 0.507. The molecule has 108 valence electrons. The van der Waals surface area contributed by atoms with E-state index in [4.69, 9.17) is 0 Å². The monoisotopic (exact) mass is 253 g/mol. The van der Waals surface area contributed by atoms with E-state index in [1.54, 1.807) is 0 Å². The van der Waals surface area contributed by atoms with Crippen LogP contribution in [0.4, 0.5) is 0 Å². The van der Waals surface area contributed by atoms with E-state index in [0.29, 0.717) is 5.41 Å². The Kier molecular flexibility index (Phi) is 6.17. The number of hydrogen-bond donors (Lipinski definition) is 1. The molecule has 2 unspecified atom stereocenters. The van der Waals surface area contributed by atoms with Gasteiger partial charge in [-0.05, 0) is 67.9 Å². The molecule has 1 rings (SSSR count). The Hall–Kier alpha value is -0.0400. The molecule has 0 aromatic carbocycles. The summed E-state index contributed by atoms with van der Waals surface area (Å²) >= 11 is 0. The Balaban J connectivity index is 2.37. The van der Waals surface area contributed by atoms with Gasteiger partial charge in [-0.2, -0.15) is 0 Å². The quantitative estimate of drug-likeness (QED) is 0.675. The van der Waals surface area contributed by atoms with E-state index in [-0.39, 0.29) is 0 Å². The van der Waals surface area contributed by atoms with Crippen LogP contribution in [0.3, 0.4) is 0 Å². The van der Waals surface area contributed by atoms with Crippen LogP contribution in [0.25, 0.3) is 0 Å². The van der Waals surface area contributed by atoms with Crippen molar-refractivity contribution in [3.63, 3.8) is 0 Å². The Labute approximate surface area is 115 Å². The second-order valence-corrected chi connectivity index (χ2v) is 7.95. The van der Waals surface area contributed by atoms with Crippen LogP contribution in [0.15, 0.2) is 0 Å². The van der Waals surface area contributed by atoms with Crippen molar-refractivity contribution in [3.8, 4) is 0 Å². The molecular formula is C17H35N. The molecule has 1 nitrogen and oxygen atoms in total. The van der Waals surface area contributed by atoms with Crippen LogP contribution in [0.2, 0.25) is 0 Å². The minimum absolute atomic E-state index is 0.507. The van der Waals surface area contributed by atoms with E-state index in [1.165, 1.54) is 32.2 Å². The third kappa shape index (κ3) is 5.30. The molecule has 0 heterocycles. The van der Waals surface area contributed by atoms with Gasteiger partial charge in [0.15, 0.2) is 0 Å². The van der Waals surface area contributed by atoms with E-state index in [0.717, 1.165) is 30.2 Å². The summed E-state index contributed by atoms with van der Waals surface area (Å²) in [7, 11) is 0. The summed E-state index contributed by atoms with van der Waals surface area (Å²) in [6.07, 6.45) is 5.66. The van der Waals surface area contributed by atoms with Gasteiger partial charge in [-0.3, -0.25) is 0 Å². The highest BCUT2D eigenvalue weighted by atomic mass is 14.9. The standard InChI is InChI=1S/C17H35N/c1-13(2)12-18-8-7-17(5,6)16-10-14(3)9-15(4)11-16/h13-16,18H,7-12H2,1-6H3. The molecule has 0 saturated heterocycles. The van der Waals surface area contributed by atoms with Crippen LogP contribution in [0.5, 0.6) is 0 Å². The fourth-order valence-electron chi connectivity index (χ4n) is 3.59. The van der Waals surface area contributed by atoms with E-state index >= 15 is 0 Å². The summed E-state index contributed by atoms with van der Waals surface area (Å²) in [4.78, 5) is 0. The SMILES string of the molecule is CC(C)CNCCC(C)(C)C1CC(C)CC(C)C1. The minimum Gasteiger partial charge on any atom is -0.316 e. The van der Waals surface area contributed by atoms with Crippen molar-refractivity contribution in [2.24, 2.45) is 29.1 Å². The average Bonchev–Trinajstić information content (AvgIpc) is 2.23. The van der Waals surface area contributed by atoms with Gasteiger partial charge in [0.1, 0.15) is 0 Å². The lowest BCUT2D eigenvalue weighted by molar-refractivity contribution is 0.0927. The first-order valence-electron chi connectivity index (χ1n) is 8.02. The predicted molar refractivity (Wildman–Crippen MR) is 81.8 cm³/mol. The maximum atomic E-state index is 3.60. The molecule has 1 heteroatoms. The van der Waals surface area contributed by atoms with Gasteiger partial charge >= 0.3 is 0 Å². The zero-order valence-electron chi connectivity index (χ0n) is 13.6. The predicted octanol–water partition coefficient (Wildman–Crippen LogP) is 4.72. The molecule has 0 radical (unpaired) electrons. The molecule has 0 amide bonds. The molecule has 0 aromatic heterocycles. The lowest BCUT2D eigenvalue weighted by atomic mass is 9.64. The largest absolute Gasteiger partial charge is 0.316 e. The summed E-state index contributed by atoms with van der Waals surface area (Å²) in [6.45, 7) is 16.8. The average molecular weight is 253 g/mol. The molecule has 0 spiro atoms. The molecular weight excluding hydrogens is 218 g/mol. The molecule has 1 fully saturated rings. The van der Waals surface area contributed by atoms with Crippen LogP contribution < -0.4 is 5.32 Å². The van der Waals surface area contributed by atoms with E-state index in [9.17, 15) is 0 Å². The lowest BCUT2D eigenvalue weighted by Gasteiger charge is -2.42. The Bertz CT molecular complexity index is 222. The first-order valence-corrected chi connectivity index (χ1v) is 8.02. The molecule has 1 aliphatic rings.